The Morgan fingerprint density at radius 1 is 1.26 bits per heavy atom. The Morgan fingerprint density at radius 2 is 2.05 bits per heavy atom. The molecule has 1 atom stereocenters. The van der Waals surface area contributed by atoms with E-state index in [-0.39, 0.29) is 6.04 Å². The molecule has 0 saturated heterocycles. The molecule has 0 aliphatic heterocycles. The molecule has 19 heavy (non-hydrogen) atoms. The van der Waals surface area contributed by atoms with Crippen LogP contribution in [0.3, 0.4) is 0 Å². The number of furan rings is 1. The maximum Gasteiger partial charge on any atom is 0.135 e. The van der Waals surface area contributed by atoms with Crippen LogP contribution in [0.2, 0.25) is 10.0 Å². The molecule has 102 valence electrons. The summed E-state index contributed by atoms with van der Waals surface area (Å²) in [5.74, 6) is 0.896. The van der Waals surface area contributed by atoms with Crippen molar-refractivity contribution in [2.24, 2.45) is 0 Å². The Balaban J connectivity index is 2.21. The van der Waals surface area contributed by atoms with Gasteiger partial charge >= 0.3 is 0 Å². The standard InChI is InChI=1S/C14H14BrCl2NO/c1-2-18-13(14-10(15)5-6-19-14)8-9-3-4-11(16)12(17)7-9/h3-7,13,18H,2,8H2,1H3. The van der Waals surface area contributed by atoms with E-state index < -0.39 is 0 Å². The quantitative estimate of drug-likeness (QED) is 0.786. The first-order valence-corrected chi connectivity index (χ1v) is 7.57. The Morgan fingerprint density at radius 3 is 2.63 bits per heavy atom. The fourth-order valence-electron chi connectivity index (χ4n) is 1.96. The van der Waals surface area contributed by atoms with Crippen LogP contribution >= 0.6 is 39.1 Å². The van der Waals surface area contributed by atoms with Gasteiger partial charge in [0.25, 0.3) is 0 Å². The molecule has 1 aromatic heterocycles. The Hall–Kier alpha value is -0.480. The van der Waals surface area contributed by atoms with Crippen LogP contribution in [-0.4, -0.2) is 6.54 Å². The number of hydrogen-bond donors (Lipinski definition) is 1. The van der Waals surface area contributed by atoms with Gasteiger partial charge in [-0.25, -0.2) is 0 Å². The van der Waals surface area contributed by atoms with E-state index in [0.29, 0.717) is 10.0 Å². The van der Waals surface area contributed by atoms with E-state index in [1.807, 2.05) is 24.3 Å². The first-order valence-electron chi connectivity index (χ1n) is 6.02. The van der Waals surface area contributed by atoms with E-state index in [9.17, 15) is 0 Å². The number of nitrogens with one attached hydrogen (secondary N) is 1. The zero-order valence-electron chi connectivity index (χ0n) is 10.4. The summed E-state index contributed by atoms with van der Waals surface area (Å²) < 4.78 is 6.51. The van der Waals surface area contributed by atoms with Crippen LogP contribution in [0.25, 0.3) is 0 Å². The largest absolute Gasteiger partial charge is 0.466 e. The van der Waals surface area contributed by atoms with E-state index in [4.69, 9.17) is 27.6 Å². The number of likely N-dealkylation sites (N-methyl/N-ethyl adjacent to an activating group) is 1. The lowest BCUT2D eigenvalue weighted by molar-refractivity contribution is 0.414. The van der Waals surface area contributed by atoms with Crippen molar-refractivity contribution < 1.29 is 4.42 Å². The lowest BCUT2D eigenvalue weighted by Crippen LogP contribution is -2.22. The fraction of sp³-hybridized carbons (Fsp3) is 0.286. The molecule has 2 rings (SSSR count). The van der Waals surface area contributed by atoms with Crippen LogP contribution in [0.1, 0.15) is 24.3 Å². The van der Waals surface area contributed by atoms with Crippen LogP contribution < -0.4 is 5.32 Å². The van der Waals surface area contributed by atoms with Gasteiger partial charge in [-0.2, -0.15) is 0 Å². The summed E-state index contributed by atoms with van der Waals surface area (Å²) >= 11 is 15.5. The molecule has 0 bridgehead atoms. The minimum Gasteiger partial charge on any atom is -0.466 e. The molecular weight excluding hydrogens is 349 g/mol. The highest BCUT2D eigenvalue weighted by Gasteiger charge is 2.17. The van der Waals surface area contributed by atoms with Crippen LogP contribution in [0, 0.1) is 0 Å². The zero-order valence-corrected chi connectivity index (χ0v) is 13.5. The van der Waals surface area contributed by atoms with Crippen LogP contribution in [0.4, 0.5) is 0 Å². The van der Waals surface area contributed by atoms with Crippen molar-refractivity contribution in [2.45, 2.75) is 19.4 Å². The maximum absolute atomic E-state index is 6.05. The summed E-state index contributed by atoms with van der Waals surface area (Å²) in [5, 5.41) is 4.56. The summed E-state index contributed by atoms with van der Waals surface area (Å²) in [6, 6.07) is 7.70. The lowest BCUT2D eigenvalue weighted by Gasteiger charge is -2.16. The summed E-state index contributed by atoms with van der Waals surface area (Å²) in [6.07, 6.45) is 2.47. The molecule has 2 nitrogen and oxygen atoms in total. The molecule has 2 aromatic rings. The summed E-state index contributed by atoms with van der Waals surface area (Å²) in [4.78, 5) is 0. The van der Waals surface area contributed by atoms with Crippen molar-refractivity contribution >= 4 is 39.1 Å². The molecule has 0 spiro atoms. The highest BCUT2D eigenvalue weighted by molar-refractivity contribution is 9.10. The van der Waals surface area contributed by atoms with Gasteiger partial charge in [-0.15, -0.1) is 0 Å². The third kappa shape index (κ3) is 3.76. The molecule has 0 aliphatic carbocycles. The van der Waals surface area contributed by atoms with E-state index in [2.05, 4.69) is 28.2 Å². The average molecular weight is 363 g/mol. The van der Waals surface area contributed by atoms with Crippen molar-refractivity contribution in [3.63, 3.8) is 0 Å². The normalized spacial score (nSPS) is 12.6. The van der Waals surface area contributed by atoms with Crippen LogP contribution in [0.5, 0.6) is 0 Å². The van der Waals surface area contributed by atoms with Crippen LogP contribution in [0.15, 0.2) is 39.4 Å². The molecule has 0 saturated carbocycles. The molecule has 0 aliphatic rings. The zero-order chi connectivity index (χ0) is 13.8. The van der Waals surface area contributed by atoms with Crippen molar-refractivity contribution in [3.05, 3.63) is 56.4 Å². The number of rotatable bonds is 5. The maximum atomic E-state index is 6.05. The van der Waals surface area contributed by atoms with Gasteiger partial charge < -0.3 is 9.73 Å². The highest BCUT2D eigenvalue weighted by atomic mass is 79.9. The number of hydrogen-bond acceptors (Lipinski definition) is 2. The first-order chi connectivity index (χ1) is 9.11. The molecule has 1 aromatic carbocycles. The molecule has 0 amide bonds. The van der Waals surface area contributed by atoms with E-state index >= 15 is 0 Å². The second-order valence-electron chi connectivity index (χ2n) is 4.20. The SMILES string of the molecule is CCNC(Cc1ccc(Cl)c(Cl)c1)c1occc1Br. The molecule has 0 radical (unpaired) electrons. The van der Waals surface area contributed by atoms with Gasteiger partial charge in [0.1, 0.15) is 5.76 Å². The molecule has 5 heteroatoms. The van der Waals surface area contributed by atoms with Crippen molar-refractivity contribution in [1.82, 2.24) is 5.32 Å². The fourth-order valence-corrected chi connectivity index (χ4v) is 2.76. The van der Waals surface area contributed by atoms with Gasteiger partial charge in [0.15, 0.2) is 0 Å². The Bertz CT molecular complexity index is 556. The van der Waals surface area contributed by atoms with Crippen molar-refractivity contribution in [1.29, 1.82) is 0 Å². The number of benzene rings is 1. The van der Waals surface area contributed by atoms with Gasteiger partial charge in [-0.1, -0.05) is 36.2 Å². The van der Waals surface area contributed by atoms with E-state index in [0.717, 1.165) is 28.8 Å². The second-order valence-corrected chi connectivity index (χ2v) is 5.86. The predicted octanol–water partition coefficient (Wildman–Crippen LogP) is 5.24. The van der Waals surface area contributed by atoms with E-state index in [1.54, 1.807) is 6.26 Å². The first kappa shape index (κ1) is 14.9. The number of halogens is 3. The molecule has 1 unspecified atom stereocenters. The monoisotopic (exact) mass is 361 g/mol. The van der Waals surface area contributed by atoms with Crippen LogP contribution in [-0.2, 0) is 6.42 Å². The minimum atomic E-state index is 0.103. The molecule has 0 fully saturated rings. The molecular formula is C14H14BrCl2NO. The van der Waals surface area contributed by atoms with Gasteiger partial charge in [0, 0.05) is 0 Å². The summed E-state index contributed by atoms with van der Waals surface area (Å²) in [7, 11) is 0. The minimum absolute atomic E-state index is 0.103. The van der Waals surface area contributed by atoms with Crippen molar-refractivity contribution in [2.75, 3.05) is 6.54 Å². The Labute approximate surface area is 131 Å². The predicted molar refractivity (Wildman–Crippen MR) is 83.0 cm³/mol. The van der Waals surface area contributed by atoms with Gasteiger partial charge in [-0.3, -0.25) is 0 Å². The topological polar surface area (TPSA) is 25.2 Å². The molecule has 1 N–H and O–H groups in total. The second kappa shape index (κ2) is 6.80. The van der Waals surface area contributed by atoms with Gasteiger partial charge in [-0.05, 0) is 52.7 Å². The lowest BCUT2D eigenvalue weighted by atomic mass is 10.0. The third-order valence-corrected chi connectivity index (χ3v) is 4.23. The average Bonchev–Trinajstić information content (AvgIpc) is 2.79. The van der Waals surface area contributed by atoms with E-state index in [1.165, 1.54) is 0 Å². The highest BCUT2D eigenvalue weighted by Crippen LogP contribution is 2.29. The molecule has 1 heterocycles. The summed E-state index contributed by atoms with van der Waals surface area (Å²) in [6.45, 7) is 2.93. The third-order valence-electron chi connectivity index (χ3n) is 2.84. The van der Waals surface area contributed by atoms with Crippen molar-refractivity contribution in [3.8, 4) is 0 Å². The van der Waals surface area contributed by atoms with Gasteiger partial charge in [0.05, 0.1) is 26.8 Å². The summed E-state index contributed by atoms with van der Waals surface area (Å²) in [5.41, 5.74) is 1.11. The smallest absolute Gasteiger partial charge is 0.135 e. The van der Waals surface area contributed by atoms with Gasteiger partial charge in [0.2, 0.25) is 0 Å². The Kier molecular flexibility index (Phi) is 5.34.